The zero-order chi connectivity index (χ0) is 66.9. The topological polar surface area (TPSA) is 324 Å². The minimum atomic E-state index is -0.998. The molecular formula is C61H81N13O10S6. The minimum Gasteiger partial charge on any atom is -0.469 e. The van der Waals surface area contributed by atoms with Crippen LogP contribution in [0, 0.1) is 12.8 Å². The number of thiazole rings is 6. The Bertz CT molecular complexity index is 3540. The number of carbonyl (C=O) groups excluding carboxylic acids is 7. The Morgan fingerprint density at radius 1 is 0.656 bits per heavy atom. The van der Waals surface area contributed by atoms with E-state index < -0.39 is 54.2 Å². The molecule has 0 aliphatic rings. The van der Waals surface area contributed by atoms with Crippen LogP contribution in [0.5, 0.6) is 0 Å². The number of methoxy groups -OCH3 is 2. The Kier molecular flexibility index (Phi) is 34.6. The number of nitrogens with one attached hydrogen (secondary N) is 5. The third-order valence-corrected chi connectivity index (χ3v) is 16.5. The summed E-state index contributed by atoms with van der Waals surface area (Å²) in [5.41, 5.74) is 9.03. The van der Waals surface area contributed by atoms with Gasteiger partial charge in [-0.25, -0.2) is 39.7 Å². The van der Waals surface area contributed by atoms with E-state index >= 15 is 0 Å². The van der Waals surface area contributed by atoms with Crippen LogP contribution in [-0.4, -0.2) is 111 Å². The van der Waals surface area contributed by atoms with Crippen LogP contribution in [0.25, 0.3) is 43.4 Å². The highest BCUT2D eigenvalue weighted by Gasteiger charge is 2.28. The van der Waals surface area contributed by atoms with Gasteiger partial charge in [-0.1, -0.05) is 118 Å². The van der Waals surface area contributed by atoms with Crippen LogP contribution in [0.4, 0.5) is 15.7 Å². The van der Waals surface area contributed by atoms with Crippen molar-refractivity contribution in [2.45, 2.75) is 128 Å². The molecule has 0 saturated carbocycles. The van der Waals surface area contributed by atoms with Crippen LogP contribution in [0.2, 0.25) is 0 Å². The number of aromatic nitrogens is 7. The van der Waals surface area contributed by atoms with E-state index in [9.17, 15) is 33.6 Å². The first-order valence-corrected chi connectivity index (χ1v) is 34.3. The largest absolute Gasteiger partial charge is 0.469 e. The molecule has 8 aromatic rings. The Morgan fingerprint density at radius 2 is 1.32 bits per heavy atom. The minimum absolute atomic E-state index is 0.00114. The molecule has 7 aromatic heterocycles. The number of anilines is 2. The number of hydrogen-bond donors (Lipinski definition) is 6. The zero-order valence-electron chi connectivity index (χ0n) is 53.4. The molecule has 7 N–H and O–H groups in total. The predicted octanol–water partition coefficient (Wildman–Crippen LogP) is 13.1. The number of aryl methyl sites for hydroxylation is 3. The van der Waals surface area contributed by atoms with Gasteiger partial charge in [0.1, 0.15) is 60.0 Å². The molecule has 8 rings (SSSR count). The van der Waals surface area contributed by atoms with Crippen LogP contribution in [0.3, 0.4) is 0 Å². The normalized spacial score (nSPS) is 10.5. The molecule has 1 atom stereocenters. The van der Waals surface area contributed by atoms with E-state index in [2.05, 4.69) is 79.2 Å². The average Bonchev–Trinajstić information content (AvgIpc) is 1.61. The molecule has 0 unspecified atom stereocenters. The van der Waals surface area contributed by atoms with Crippen molar-refractivity contribution in [1.82, 2.24) is 50.8 Å². The maximum atomic E-state index is 14.1. The van der Waals surface area contributed by atoms with Crippen molar-refractivity contribution in [3.8, 4) is 43.4 Å². The Balaban J connectivity index is 0.00000165. The molecule has 29 heteroatoms. The maximum Gasteiger partial charge on any atom is 0.412 e. The van der Waals surface area contributed by atoms with Crippen molar-refractivity contribution >= 4 is 121 Å². The summed E-state index contributed by atoms with van der Waals surface area (Å²) < 4.78 is 15.0. The highest BCUT2D eigenvalue weighted by molar-refractivity contribution is 7.16. The summed E-state index contributed by atoms with van der Waals surface area (Å²) in [4.78, 5) is 123. The predicted molar refractivity (Wildman–Crippen MR) is 363 cm³/mol. The molecule has 0 fully saturated rings. The summed E-state index contributed by atoms with van der Waals surface area (Å²) in [6, 6.07) is 12.7. The molecule has 7 heterocycles. The number of nitrogens with two attached hydrogens (primary N) is 1. The number of esters is 1. The first-order valence-electron chi connectivity index (χ1n) is 29.1. The van der Waals surface area contributed by atoms with E-state index in [0.29, 0.717) is 53.8 Å². The number of benzene rings is 1. The molecule has 0 radical (unpaired) electrons. The number of ether oxygens (including phenoxy) is 3. The van der Waals surface area contributed by atoms with Crippen molar-refractivity contribution in [3.05, 3.63) is 106 Å². The Labute approximate surface area is 549 Å². The van der Waals surface area contributed by atoms with Gasteiger partial charge >= 0.3 is 12.1 Å². The first kappa shape index (κ1) is 76.4. The lowest BCUT2D eigenvalue weighted by Gasteiger charge is -2.15. The van der Waals surface area contributed by atoms with Gasteiger partial charge in [-0.15, -0.1) is 56.7 Å². The molecule has 0 aliphatic heterocycles. The number of primary amides is 1. The van der Waals surface area contributed by atoms with E-state index in [-0.39, 0.29) is 59.1 Å². The van der Waals surface area contributed by atoms with Gasteiger partial charge in [0.15, 0.2) is 5.13 Å². The molecular weight excluding hydrogens is 1270 g/mol. The molecule has 0 saturated heterocycles. The van der Waals surface area contributed by atoms with Crippen molar-refractivity contribution in [2.75, 3.05) is 45.1 Å². The van der Waals surface area contributed by atoms with Gasteiger partial charge in [0.25, 0.3) is 17.7 Å². The summed E-state index contributed by atoms with van der Waals surface area (Å²) in [7, 11) is 4.17. The molecule has 0 aliphatic carbocycles. The lowest BCUT2D eigenvalue weighted by Crippen LogP contribution is -2.33. The van der Waals surface area contributed by atoms with Gasteiger partial charge in [-0.05, 0) is 43.4 Å². The second-order valence-corrected chi connectivity index (χ2v) is 24.0. The summed E-state index contributed by atoms with van der Waals surface area (Å²) in [6.07, 6.45) is 1.03. The summed E-state index contributed by atoms with van der Waals surface area (Å²) in [5, 5.41) is 23.0. The highest BCUT2D eigenvalue weighted by Crippen LogP contribution is 2.38. The van der Waals surface area contributed by atoms with Crippen LogP contribution >= 0.6 is 68.0 Å². The number of hydrogen-bond acceptors (Lipinski definition) is 23. The molecule has 0 bridgehead atoms. The van der Waals surface area contributed by atoms with Crippen LogP contribution < -0.4 is 32.3 Å². The second-order valence-electron chi connectivity index (χ2n) is 18.2. The number of carbonyl (C=O) groups is 7. The highest BCUT2D eigenvalue weighted by atomic mass is 32.1. The third kappa shape index (κ3) is 23.9. The Hall–Kier alpha value is -7.80. The molecule has 0 spiro atoms. The number of amides is 6. The Morgan fingerprint density at radius 3 is 1.99 bits per heavy atom. The quantitative estimate of drug-likeness (QED) is 0.0242. The SMILES string of the molecule is CC.CC.CC.CC.CC(C)C.CNC(=O)C[C@H](NC(=O)c1csc(-c2ccc(-c3nc(NC(=O)OCCCC(=O)OC)cs3)nc2-c2csc(-c3csc(CCc4ccccc4)n3)n2)n1)c1nc(C(=O)Nc2nc(C(=O)NCC(N)=O)c(COC)s2)c(C)s1. The average molecular weight is 1350 g/mol. The van der Waals surface area contributed by atoms with Gasteiger partial charge in [-0.2, -0.15) is 0 Å². The maximum absolute atomic E-state index is 14.1. The van der Waals surface area contributed by atoms with Gasteiger partial charge in [0.2, 0.25) is 11.8 Å². The first-order chi connectivity index (χ1) is 43.4. The molecule has 6 amide bonds. The monoisotopic (exact) mass is 1350 g/mol. The fraction of sp³-hybridized carbons (Fsp3) is 0.410. The standard InChI is InChI=1S/C49H47N13O10S6.C4H10.4C2H6/c1-24-38(43(68)62-48-61-40(32(78-48)19-70-3)42(67)52-18-33(50)63)60-47(77-24)28(17-35(64)51-2)55-41(66)30-21-74-44(57-30)26-13-14-27(45-58-34(23-76-45)59-49(69)72-16-8-11-37(65)71-4)54-39(26)29-20-75-46(56-29)31-22-73-36(53-31)15-12-25-9-6-5-7-10-25;1-4(2)3;4*1-2/h5-7,9-10,13-14,20-23,28H,8,11-12,15-19H2,1-4H3,(H2,50,63)(H,51,64)(H,52,67)(H,55,66)(H,59,69)(H,61,62,68);4H,1-3H3;4*1-2H3/t28-;;;;;/m0...../s1. The van der Waals surface area contributed by atoms with Crippen LogP contribution in [0.1, 0.15) is 158 Å². The van der Waals surface area contributed by atoms with E-state index in [4.69, 9.17) is 35.1 Å². The molecule has 1 aromatic carbocycles. The van der Waals surface area contributed by atoms with Gasteiger partial charge in [0.05, 0.1) is 54.9 Å². The zero-order valence-corrected chi connectivity index (χ0v) is 58.3. The fourth-order valence-electron chi connectivity index (χ4n) is 7.16. The fourth-order valence-corrected chi connectivity index (χ4v) is 12.2. The van der Waals surface area contributed by atoms with Gasteiger partial charge in [-0.3, -0.25) is 39.4 Å². The van der Waals surface area contributed by atoms with E-state index in [0.717, 1.165) is 52.1 Å². The van der Waals surface area contributed by atoms with Crippen molar-refractivity contribution in [2.24, 2.45) is 11.7 Å². The molecule has 486 valence electrons. The smallest absolute Gasteiger partial charge is 0.412 e. The molecule has 23 nitrogen and oxygen atoms in total. The van der Waals surface area contributed by atoms with E-state index in [1.54, 1.807) is 41.2 Å². The number of nitrogens with zero attached hydrogens (tertiary/aromatic N) is 7. The summed E-state index contributed by atoms with van der Waals surface area (Å²) in [5.74, 6) is -2.49. The van der Waals surface area contributed by atoms with Gasteiger partial charge in [0, 0.05) is 59.0 Å². The number of pyridine rings is 1. The van der Waals surface area contributed by atoms with Gasteiger partial charge < -0.3 is 35.9 Å². The second kappa shape index (κ2) is 40.8. The van der Waals surface area contributed by atoms with Crippen molar-refractivity contribution in [3.63, 3.8) is 0 Å². The number of rotatable bonds is 24. The summed E-state index contributed by atoms with van der Waals surface area (Å²) in [6.45, 7) is 23.7. The van der Waals surface area contributed by atoms with Crippen LogP contribution in [0.15, 0.2) is 64.0 Å². The third-order valence-electron chi connectivity index (χ3n) is 10.9. The van der Waals surface area contributed by atoms with Crippen molar-refractivity contribution < 1.29 is 47.8 Å². The molecule has 90 heavy (non-hydrogen) atoms. The van der Waals surface area contributed by atoms with E-state index in [1.807, 2.05) is 84.3 Å². The lowest BCUT2D eigenvalue weighted by molar-refractivity contribution is -0.141. The van der Waals surface area contributed by atoms with Crippen molar-refractivity contribution in [1.29, 1.82) is 0 Å². The van der Waals surface area contributed by atoms with E-state index in [1.165, 1.54) is 60.8 Å². The lowest BCUT2D eigenvalue weighted by atomic mass is 10.1. The summed E-state index contributed by atoms with van der Waals surface area (Å²) >= 11 is 7.48. The van der Waals surface area contributed by atoms with Crippen LogP contribution in [-0.2, 0) is 48.0 Å².